The zero-order chi connectivity index (χ0) is 38.3. The number of aromatic nitrogens is 5. The van der Waals surface area contributed by atoms with Crippen molar-refractivity contribution in [2.75, 3.05) is 0 Å². The summed E-state index contributed by atoms with van der Waals surface area (Å²) < 4.78 is 80.5. The first kappa shape index (κ1) is 18.7. The maximum absolute atomic E-state index is 9.17. The minimum Gasteiger partial charge on any atom is -0.278 e. The van der Waals surface area contributed by atoms with Gasteiger partial charge in [0.1, 0.15) is 5.01 Å². The molecule has 0 saturated heterocycles. The molecule has 0 amide bonds. The molecule has 0 bridgehead atoms. The highest BCUT2D eigenvalue weighted by Crippen LogP contribution is 2.35. The first-order valence-corrected chi connectivity index (χ1v) is 15.2. The van der Waals surface area contributed by atoms with Crippen LogP contribution < -0.4 is 0 Å². The Morgan fingerprint density at radius 2 is 1.11 bits per heavy atom. The van der Waals surface area contributed by atoms with E-state index >= 15 is 0 Å². The molecule has 46 heavy (non-hydrogen) atoms. The smallest absolute Gasteiger partial charge is 0.238 e. The van der Waals surface area contributed by atoms with Crippen LogP contribution in [0.25, 0.3) is 82.4 Å². The van der Waals surface area contributed by atoms with E-state index in [0.717, 1.165) is 42.6 Å². The minimum atomic E-state index is -0.649. The molecule has 0 aliphatic rings. The molecule has 6 heteroatoms. The van der Waals surface area contributed by atoms with E-state index in [-0.39, 0.29) is 23.2 Å². The Labute approximate surface area is 281 Å². The van der Waals surface area contributed by atoms with Crippen molar-refractivity contribution in [1.29, 1.82) is 0 Å². The number of benzene rings is 6. The van der Waals surface area contributed by atoms with Gasteiger partial charge in [-0.1, -0.05) is 121 Å². The largest absolute Gasteiger partial charge is 0.278 e. The average molecular weight is 617 g/mol. The van der Waals surface area contributed by atoms with Gasteiger partial charge in [-0.15, -0.1) is 11.3 Å². The fourth-order valence-electron chi connectivity index (χ4n) is 5.54. The maximum Gasteiger partial charge on any atom is 0.238 e. The van der Waals surface area contributed by atoms with Crippen LogP contribution in [0.1, 0.15) is 12.3 Å². The summed E-state index contributed by atoms with van der Waals surface area (Å²) in [5.74, 6) is 0.254. The van der Waals surface area contributed by atoms with Crippen LogP contribution in [0.3, 0.4) is 0 Å². The van der Waals surface area contributed by atoms with Crippen LogP contribution in [0.15, 0.2) is 151 Å². The van der Waals surface area contributed by atoms with Gasteiger partial charge in [-0.3, -0.25) is 4.57 Å². The molecule has 0 fully saturated rings. The van der Waals surface area contributed by atoms with Crippen LogP contribution in [-0.2, 0) is 0 Å². The summed E-state index contributed by atoms with van der Waals surface area (Å²) in [6.45, 7) is 0. The maximum atomic E-state index is 9.17. The van der Waals surface area contributed by atoms with Crippen LogP contribution in [0.2, 0.25) is 0 Å². The van der Waals surface area contributed by atoms with Gasteiger partial charge in [0.25, 0.3) is 0 Å². The lowest BCUT2D eigenvalue weighted by molar-refractivity contribution is 0.954. The zero-order valence-corrected chi connectivity index (χ0v) is 24.7. The Morgan fingerprint density at radius 3 is 1.83 bits per heavy atom. The summed E-state index contributed by atoms with van der Waals surface area (Å²) in [5, 5.41) is 2.75. The Balaban J connectivity index is 1.31. The molecule has 0 atom stereocenters. The number of para-hydroxylation sites is 2. The fourth-order valence-corrected chi connectivity index (χ4v) is 6.55. The molecule has 216 valence electrons. The molecule has 3 aromatic heterocycles. The van der Waals surface area contributed by atoms with E-state index in [1.54, 1.807) is 0 Å². The Hall–Kier alpha value is -5.98. The van der Waals surface area contributed by atoms with Crippen molar-refractivity contribution < 1.29 is 12.3 Å². The molecule has 6 aromatic carbocycles. The second-order valence-electron chi connectivity index (χ2n) is 10.5. The van der Waals surface area contributed by atoms with Crippen molar-refractivity contribution in [2.45, 2.75) is 0 Å². The van der Waals surface area contributed by atoms with Crippen molar-refractivity contribution in [3.63, 3.8) is 0 Å². The first-order valence-electron chi connectivity index (χ1n) is 18.9. The lowest BCUT2D eigenvalue weighted by Crippen LogP contribution is -2.06. The molecule has 0 spiro atoms. The number of rotatable bonds is 5. The second-order valence-corrected chi connectivity index (χ2v) is 11.5. The van der Waals surface area contributed by atoms with Crippen molar-refractivity contribution >= 4 is 43.4 Å². The third-order valence-electron chi connectivity index (χ3n) is 7.67. The molecule has 0 radical (unpaired) electrons. The summed E-state index contributed by atoms with van der Waals surface area (Å²) in [6, 6.07) is 25.6. The highest BCUT2D eigenvalue weighted by atomic mass is 32.1. The van der Waals surface area contributed by atoms with Crippen molar-refractivity contribution in [3.05, 3.63) is 151 Å². The van der Waals surface area contributed by atoms with Gasteiger partial charge < -0.3 is 0 Å². The van der Waals surface area contributed by atoms with E-state index in [1.165, 1.54) is 11.3 Å². The third-order valence-corrected chi connectivity index (χ3v) is 8.74. The molecule has 0 saturated carbocycles. The topological polar surface area (TPSA) is 56.5 Å². The molecule has 9 rings (SSSR count). The van der Waals surface area contributed by atoms with E-state index in [1.807, 2.05) is 102 Å². The summed E-state index contributed by atoms with van der Waals surface area (Å²) in [7, 11) is 0. The summed E-state index contributed by atoms with van der Waals surface area (Å²) in [4.78, 5) is 19.4. The Kier molecular flexibility index (Phi) is 4.43. The fraction of sp³-hybridized carbons (Fsp3) is 0. The Bertz CT molecular complexity index is 2940. The van der Waals surface area contributed by atoms with Crippen LogP contribution >= 0.6 is 11.3 Å². The lowest BCUT2D eigenvalue weighted by Gasteiger charge is -2.11. The molecule has 0 aliphatic carbocycles. The molecule has 0 aliphatic heterocycles. The number of nitrogens with zero attached hydrogens (tertiary/aromatic N) is 5. The van der Waals surface area contributed by atoms with E-state index in [9.17, 15) is 0 Å². The lowest BCUT2D eigenvalue weighted by atomic mass is 10.0. The zero-order valence-electron chi connectivity index (χ0n) is 32.9. The molecular formula is C40H25N5S. The number of thiazole rings is 1. The van der Waals surface area contributed by atoms with Gasteiger partial charge in [-0.2, -0.15) is 9.97 Å². The Morgan fingerprint density at radius 1 is 0.500 bits per heavy atom. The van der Waals surface area contributed by atoms with Gasteiger partial charge >= 0.3 is 0 Å². The SMILES string of the molecule is [2H]c1c([2H])c([2H])c(-c2c([2H])c([2H])c(-c3nc(-c4ccc5nc(-c6ccccc6)sc5c4)nc(-n4c5ccccc5c5ccccc54)n3)c([2H])c2[2H])c([2H])c1[2H]. The van der Waals surface area contributed by atoms with Crippen molar-refractivity contribution in [2.24, 2.45) is 0 Å². The molecule has 0 N–H and O–H groups in total. The van der Waals surface area contributed by atoms with E-state index in [2.05, 4.69) is 0 Å². The predicted octanol–water partition coefficient (Wildman–Crippen LogP) is 10.2. The predicted molar refractivity (Wildman–Crippen MR) is 189 cm³/mol. The molecule has 0 unspecified atom stereocenters. The second kappa shape index (κ2) is 10.9. The van der Waals surface area contributed by atoms with Crippen LogP contribution in [0.5, 0.6) is 0 Å². The van der Waals surface area contributed by atoms with Gasteiger partial charge in [0.2, 0.25) is 5.95 Å². The first-order chi connectivity index (χ1) is 26.5. The van der Waals surface area contributed by atoms with Gasteiger partial charge in [-0.25, -0.2) is 9.97 Å². The van der Waals surface area contributed by atoms with Crippen LogP contribution in [0.4, 0.5) is 0 Å². The summed E-state index contributed by atoms with van der Waals surface area (Å²) >= 11 is 1.51. The third kappa shape index (κ3) is 4.55. The van der Waals surface area contributed by atoms with Gasteiger partial charge in [0, 0.05) is 27.5 Å². The quantitative estimate of drug-likeness (QED) is 0.193. The number of fused-ring (bicyclic) bond motifs is 4. The van der Waals surface area contributed by atoms with Crippen LogP contribution in [-0.4, -0.2) is 24.5 Å². The number of hydrogen-bond donors (Lipinski definition) is 0. The average Bonchev–Trinajstić information content (AvgIpc) is 3.79. The van der Waals surface area contributed by atoms with Gasteiger partial charge in [0.15, 0.2) is 11.6 Å². The van der Waals surface area contributed by atoms with E-state index in [4.69, 9.17) is 32.3 Å². The molecule has 9 aromatic rings. The highest BCUT2D eigenvalue weighted by Gasteiger charge is 2.18. The van der Waals surface area contributed by atoms with Crippen LogP contribution in [0, 0.1) is 0 Å². The molecular weight excluding hydrogens is 583 g/mol. The monoisotopic (exact) mass is 616 g/mol. The molecule has 5 nitrogen and oxygen atoms in total. The van der Waals surface area contributed by atoms with E-state index < -0.39 is 65.5 Å². The summed E-state index contributed by atoms with van der Waals surface area (Å²) in [6.07, 6.45) is 0. The minimum absolute atomic E-state index is 0.138. The highest BCUT2D eigenvalue weighted by molar-refractivity contribution is 7.21. The van der Waals surface area contributed by atoms with Gasteiger partial charge in [-0.05, 0) is 41.5 Å². The normalized spacial score (nSPS) is 14.2. The van der Waals surface area contributed by atoms with Crippen molar-refractivity contribution in [1.82, 2.24) is 24.5 Å². The summed E-state index contributed by atoms with van der Waals surface area (Å²) in [5.41, 5.74) is 2.89. The number of hydrogen-bond acceptors (Lipinski definition) is 5. The van der Waals surface area contributed by atoms with E-state index in [0.29, 0.717) is 5.56 Å². The van der Waals surface area contributed by atoms with Crippen molar-refractivity contribution in [3.8, 4) is 50.4 Å². The standard InChI is InChI=1S/C40H25N5S/c1-3-11-26(12-4-1)27-19-21-28(22-20-27)37-42-38(30-23-24-33-36(25-30)46-39(41-33)29-13-5-2-6-14-29)44-40(43-37)45-34-17-9-7-15-31(34)32-16-8-10-18-35(32)45/h1-25H/i1D,3D,4D,11D,12D,19D,20D,21D,22D. The van der Waals surface area contributed by atoms with Gasteiger partial charge in [0.05, 0.1) is 33.6 Å². The molecule has 3 heterocycles.